The van der Waals surface area contributed by atoms with Crippen LogP contribution in [-0.2, 0) is 0 Å². The first-order valence-corrected chi connectivity index (χ1v) is 15.8. The Kier molecular flexibility index (Phi) is 6.17. The molecule has 8 aromatic carbocycles. The van der Waals surface area contributed by atoms with Crippen molar-refractivity contribution in [2.24, 2.45) is 0 Å². The van der Waals surface area contributed by atoms with E-state index in [0.717, 1.165) is 22.7 Å². The maximum atomic E-state index is 2.42. The fraction of sp³-hybridized carbons (Fsp3) is 0. The molecule has 1 heterocycles. The molecule has 0 saturated carbocycles. The van der Waals surface area contributed by atoms with Gasteiger partial charge in [0.15, 0.2) is 0 Å². The van der Waals surface area contributed by atoms with Crippen molar-refractivity contribution < 1.29 is 0 Å². The van der Waals surface area contributed by atoms with Gasteiger partial charge in [0.1, 0.15) is 0 Å². The molecule has 0 spiro atoms. The van der Waals surface area contributed by atoms with Gasteiger partial charge in [-0.3, -0.25) is 0 Å². The van der Waals surface area contributed by atoms with E-state index in [9.17, 15) is 0 Å². The third-order valence-corrected chi connectivity index (χ3v) is 9.16. The molecule has 0 amide bonds. The van der Waals surface area contributed by atoms with Crippen molar-refractivity contribution in [2.75, 3.05) is 4.90 Å². The van der Waals surface area contributed by atoms with Crippen LogP contribution in [0.15, 0.2) is 182 Å². The zero-order valence-corrected chi connectivity index (χ0v) is 25.2. The molecule has 0 N–H and O–H groups in total. The molecule has 9 rings (SSSR count). The fourth-order valence-electron chi connectivity index (χ4n) is 7.10. The standard InChI is InChI=1S/C44H30N2/c1-2-16-34(17-3-1)45(43-24-12-13-25-44(43)46-40-22-10-8-20-38(40)39-21-9-11-23-41(39)46)42-29-28-35(36-18-6-7-19-37(36)42)33-27-26-31-14-4-5-15-32(31)30-33/h1-30H. The van der Waals surface area contributed by atoms with Gasteiger partial charge in [-0.15, -0.1) is 0 Å². The van der Waals surface area contributed by atoms with Crippen LogP contribution in [0, 0.1) is 0 Å². The predicted molar refractivity (Wildman–Crippen MR) is 196 cm³/mol. The van der Waals surface area contributed by atoms with Gasteiger partial charge in [0, 0.05) is 21.8 Å². The number of hydrogen-bond acceptors (Lipinski definition) is 1. The van der Waals surface area contributed by atoms with Crippen LogP contribution >= 0.6 is 0 Å². The number of fused-ring (bicyclic) bond motifs is 5. The molecular weight excluding hydrogens is 556 g/mol. The maximum Gasteiger partial charge on any atom is 0.0702 e. The molecule has 1 aromatic heterocycles. The summed E-state index contributed by atoms with van der Waals surface area (Å²) in [4.78, 5) is 2.42. The SMILES string of the molecule is c1ccc(N(c2ccccc2-n2c3ccccc3c3ccccc32)c2ccc(-c3ccc4ccccc4c3)c3ccccc23)cc1. The van der Waals surface area contributed by atoms with E-state index in [1.165, 1.54) is 54.5 Å². The van der Waals surface area contributed by atoms with Gasteiger partial charge in [0.2, 0.25) is 0 Å². The molecule has 0 aliphatic carbocycles. The number of aromatic nitrogens is 1. The highest BCUT2D eigenvalue weighted by Crippen LogP contribution is 2.45. The summed E-state index contributed by atoms with van der Waals surface area (Å²) in [5.41, 5.74) is 9.34. The van der Waals surface area contributed by atoms with Crippen LogP contribution in [-0.4, -0.2) is 4.57 Å². The summed E-state index contributed by atoms with van der Waals surface area (Å²) in [5.74, 6) is 0. The van der Waals surface area contributed by atoms with E-state index in [4.69, 9.17) is 0 Å². The van der Waals surface area contributed by atoms with Crippen LogP contribution in [0.4, 0.5) is 17.1 Å². The lowest BCUT2D eigenvalue weighted by atomic mass is 9.94. The summed E-state index contributed by atoms with van der Waals surface area (Å²) in [6.07, 6.45) is 0. The van der Waals surface area contributed by atoms with Gasteiger partial charge >= 0.3 is 0 Å². The minimum atomic E-state index is 1.11. The zero-order valence-electron chi connectivity index (χ0n) is 25.2. The number of nitrogens with zero attached hydrogens (tertiary/aromatic N) is 2. The van der Waals surface area contributed by atoms with Crippen LogP contribution in [0.3, 0.4) is 0 Å². The molecule has 0 aliphatic rings. The molecule has 46 heavy (non-hydrogen) atoms. The quantitative estimate of drug-likeness (QED) is 0.195. The van der Waals surface area contributed by atoms with Gasteiger partial charge in [-0.25, -0.2) is 0 Å². The molecule has 216 valence electrons. The lowest BCUT2D eigenvalue weighted by Crippen LogP contribution is -2.13. The smallest absolute Gasteiger partial charge is 0.0702 e. The first-order valence-electron chi connectivity index (χ1n) is 15.8. The first-order chi connectivity index (χ1) is 22.8. The minimum absolute atomic E-state index is 1.11. The summed E-state index contributed by atoms with van der Waals surface area (Å²) >= 11 is 0. The molecular formula is C44H30N2. The van der Waals surface area contributed by atoms with Gasteiger partial charge < -0.3 is 9.47 Å². The van der Waals surface area contributed by atoms with E-state index in [1.54, 1.807) is 0 Å². The number of para-hydroxylation sites is 5. The lowest BCUT2D eigenvalue weighted by molar-refractivity contribution is 1.15. The van der Waals surface area contributed by atoms with Crippen LogP contribution in [0.5, 0.6) is 0 Å². The van der Waals surface area contributed by atoms with E-state index in [2.05, 4.69) is 191 Å². The Balaban J connectivity index is 1.31. The van der Waals surface area contributed by atoms with Crippen LogP contribution < -0.4 is 4.90 Å². The molecule has 0 fully saturated rings. The molecule has 0 aliphatic heterocycles. The van der Waals surface area contributed by atoms with Crippen molar-refractivity contribution in [3.05, 3.63) is 182 Å². The van der Waals surface area contributed by atoms with Crippen molar-refractivity contribution in [3.63, 3.8) is 0 Å². The van der Waals surface area contributed by atoms with Crippen molar-refractivity contribution in [3.8, 4) is 16.8 Å². The molecule has 2 nitrogen and oxygen atoms in total. The van der Waals surface area contributed by atoms with Crippen molar-refractivity contribution >= 4 is 60.4 Å². The van der Waals surface area contributed by atoms with E-state index >= 15 is 0 Å². The van der Waals surface area contributed by atoms with E-state index in [-0.39, 0.29) is 0 Å². The molecule has 0 atom stereocenters. The van der Waals surface area contributed by atoms with Gasteiger partial charge in [0.05, 0.1) is 28.1 Å². The summed E-state index contributed by atoms with van der Waals surface area (Å²) in [5, 5.41) is 7.44. The van der Waals surface area contributed by atoms with Crippen LogP contribution in [0.1, 0.15) is 0 Å². The monoisotopic (exact) mass is 586 g/mol. The van der Waals surface area contributed by atoms with Gasteiger partial charge in [-0.1, -0.05) is 133 Å². The predicted octanol–water partition coefficient (Wildman–Crippen LogP) is 12.2. The summed E-state index contributed by atoms with van der Waals surface area (Å²) in [7, 11) is 0. The highest BCUT2D eigenvalue weighted by Gasteiger charge is 2.22. The molecule has 9 aromatic rings. The second-order valence-electron chi connectivity index (χ2n) is 11.8. The molecule has 0 bridgehead atoms. The largest absolute Gasteiger partial charge is 0.308 e. The third kappa shape index (κ3) is 4.19. The Labute approximate surface area is 268 Å². The summed E-state index contributed by atoms with van der Waals surface area (Å²) < 4.78 is 2.42. The Morgan fingerprint density at radius 1 is 0.370 bits per heavy atom. The molecule has 2 heteroatoms. The number of rotatable bonds is 5. The van der Waals surface area contributed by atoms with Crippen LogP contribution in [0.25, 0.3) is 60.2 Å². The second kappa shape index (κ2) is 10.8. The third-order valence-electron chi connectivity index (χ3n) is 9.16. The molecule has 0 unspecified atom stereocenters. The average Bonchev–Trinajstić information content (AvgIpc) is 3.46. The summed E-state index contributed by atoms with van der Waals surface area (Å²) in [6.45, 7) is 0. The Bertz CT molecular complexity index is 2490. The highest BCUT2D eigenvalue weighted by molar-refractivity contribution is 6.11. The number of hydrogen-bond donors (Lipinski definition) is 0. The number of anilines is 3. The first kappa shape index (κ1) is 26.3. The Morgan fingerprint density at radius 2 is 0.957 bits per heavy atom. The van der Waals surface area contributed by atoms with Crippen molar-refractivity contribution in [1.82, 2.24) is 4.57 Å². The molecule has 0 radical (unpaired) electrons. The van der Waals surface area contributed by atoms with E-state index < -0.39 is 0 Å². The topological polar surface area (TPSA) is 8.17 Å². The van der Waals surface area contributed by atoms with Crippen molar-refractivity contribution in [2.45, 2.75) is 0 Å². The highest BCUT2D eigenvalue weighted by atomic mass is 15.2. The minimum Gasteiger partial charge on any atom is -0.308 e. The average molecular weight is 587 g/mol. The second-order valence-corrected chi connectivity index (χ2v) is 11.8. The van der Waals surface area contributed by atoms with Crippen LogP contribution in [0.2, 0.25) is 0 Å². The maximum absolute atomic E-state index is 2.42. The Hall–Kier alpha value is -6.12. The van der Waals surface area contributed by atoms with Crippen molar-refractivity contribution in [1.29, 1.82) is 0 Å². The van der Waals surface area contributed by atoms with Gasteiger partial charge in [-0.2, -0.15) is 0 Å². The number of benzene rings is 8. The van der Waals surface area contributed by atoms with E-state index in [0.29, 0.717) is 0 Å². The van der Waals surface area contributed by atoms with Gasteiger partial charge in [0.25, 0.3) is 0 Å². The normalized spacial score (nSPS) is 11.5. The van der Waals surface area contributed by atoms with Gasteiger partial charge in [-0.05, 0) is 75.8 Å². The zero-order chi connectivity index (χ0) is 30.5. The van der Waals surface area contributed by atoms with E-state index in [1.807, 2.05) is 0 Å². The fourth-order valence-corrected chi connectivity index (χ4v) is 7.10. The summed E-state index contributed by atoms with van der Waals surface area (Å²) in [6, 6.07) is 65.7. The lowest BCUT2D eigenvalue weighted by Gasteiger charge is -2.30. The Morgan fingerprint density at radius 3 is 1.72 bits per heavy atom. The molecule has 0 saturated heterocycles.